The normalized spacial score (nSPS) is 11.8. The van der Waals surface area contributed by atoms with Crippen LogP contribution in [-0.4, -0.2) is 24.5 Å². The van der Waals surface area contributed by atoms with Gasteiger partial charge in [-0.3, -0.25) is 4.79 Å². The lowest BCUT2D eigenvalue weighted by molar-refractivity contribution is -0.132. The van der Waals surface area contributed by atoms with Gasteiger partial charge in [-0.15, -0.1) is 0 Å². The van der Waals surface area contributed by atoms with Crippen LogP contribution in [0, 0.1) is 12.7 Å². The van der Waals surface area contributed by atoms with Gasteiger partial charge in [0.1, 0.15) is 11.6 Å². The predicted molar refractivity (Wildman–Crippen MR) is 93.5 cm³/mol. The molecule has 3 nitrogen and oxygen atoms in total. The molecule has 1 amide bonds. The van der Waals surface area contributed by atoms with Crippen molar-refractivity contribution in [1.82, 2.24) is 4.90 Å². The van der Waals surface area contributed by atoms with Crippen LogP contribution >= 0.6 is 0 Å². The van der Waals surface area contributed by atoms with E-state index in [0.29, 0.717) is 25.2 Å². The number of amides is 1. The van der Waals surface area contributed by atoms with Crippen molar-refractivity contribution >= 4 is 5.91 Å². The lowest BCUT2D eigenvalue weighted by Gasteiger charge is -2.25. The Morgan fingerprint density at radius 3 is 2.38 bits per heavy atom. The van der Waals surface area contributed by atoms with Gasteiger partial charge < -0.3 is 9.64 Å². The average molecular weight is 329 g/mol. The maximum Gasteiger partial charge on any atom is 0.222 e. The molecule has 0 aliphatic rings. The van der Waals surface area contributed by atoms with E-state index in [1.807, 2.05) is 20.9 Å². The fourth-order valence-electron chi connectivity index (χ4n) is 2.41. The summed E-state index contributed by atoms with van der Waals surface area (Å²) in [7, 11) is 1.83. The molecule has 2 aromatic carbocycles. The molecule has 0 fully saturated rings. The molecular weight excluding hydrogens is 305 g/mol. The van der Waals surface area contributed by atoms with E-state index in [1.165, 1.54) is 17.7 Å². The van der Waals surface area contributed by atoms with E-state index in [-0.39, 0.29) is 17.8 Å². The van der Waals surface area contributed by atoms with E-state index in [4.69, 9.17) is 4.74 Å². The second-order valence-corrected chi connectivity index (χ2v) is 6.00. The first-order valence-electron chi connectivity index (χ1n) is 8.18. The van der Waals surface area contributed by atoms with E-state index in [0.717, 1.165) is 5.56 Å². The zero-order chi connectivity index (χ0) is 17.5. The summed E-state index contributed by atoms with van der Waals surface area (Å²) in [4.78, 5) is 14.1. The maximum atomic E-state index is 12.8. The van der Waals surface area contributed by atoms with Crippen molar-refractivity contribution in [3.8, 4) is 5.75 Å². The van der Waals surface area contributed by atoms with Gasteiger partial charge in [0.05, 0.1) is 12.6 Å². The molecule has 2 rings (SSSR count). The predicted octanol–water partition coefficient (Wildman–Crippen LogP) is 4.51. The summed E-state index contributed by atoms with van der Waals surface area (Å²) < 4.78 is 18.3. The molecule has 1 atom stereocenters. The molecule has 0 aromatic heterocycles. The number of aryl methyl sites for hydroxylation is 1. The minimum absolute atomic E-state index is 0.0381. The highest BCUT2D eigenvalue weighted by Gasteiger charge is 2.16. The van der Waals surface area contributed by atoms with Crippen LogP contribution in [0.5, 0.6) is 5.75 Å². The molecule has 4 heteroatoms. The number of hydrogen-bond donors (Lipinski definition) is 0. The van der Waals surface area contributed by atoms with Gasteiger partial charge in [0.25, 0.3) is 0 Å². The zero-order valence-electron chi connectivity index (χ0n) is 14.5. The Morgan fingerprint density at radius 2 is 1.75 bits per heavy atom. The lowest BCUT2D eigenvalue weighted by Crippen LogP contribution is -2.29. The van der Waals surface area contributed by atoms with Gasteiger partial charge in [0.15, 0.2) is 0 Å². The standard InChI is InChI=1S/C20H24FNO2/c1-15-6-8-17(9-7-15)16(2)22(3)20(23)5-4-14-24-19-12-10-18(21)11-13-19/h6-13,16H,4-5,14H2,1-3H3. The van der Waals surface area contributed by atoms with Crippen molar-refractivity contribution in [3.63, 3.8) is 0 Å². The summed E-state index contributed by atoms with van der Waals surface area (Å²) >= 11 is 0. The van der Waals surface area contributed by atoms with Crippen molar-refractivity contribution in [2.75, 3.05) is 13.7 Å². The highest BCUT2D eigenvalue weighted by molar-refractivity contribution is 5.76. The van der Waals surface area contributed by atoms with Crippen molar-refractivity contribution < 1.29 is 13.9 Å². The van der Waals surface area contributed by atoms with Gasteiger partial charge in [-0.05, 0) is 50.1 Å². The number of halogens is 1. The van der Waals surface area contributed by atoms with Crippen LogP contribution in [0.3, 0.4) is 0 Å². The first-order valence-corrected chi connectivity index (χ1v) is 8.18. The Hall–Kier alpha value is -2.36. The highest BCUT2D eigenvalue weighted by Crippen LogP contribution is 2.20. The summed E-state index contributed by atoms with van der Waals surface area (Å²) in [6.45, 7) is 4.51. The summed E-state index contributed by atoms with van der Waals surface area (Å²) in [6, 6.07) is 14.2. The van der Waals surface area contributed by atoms with Gasteiger partial charge >= 0.3 is 0 Å². The molecule has 0 heterocycles. The van der Waals surface area contributed by atoms with Crippen molar-refractivity contribution in [1.29, 1.82) is 0 Å². The van der Waals surface area contributed by atoms with E-state index in [9.17, 15) is 9.18 Å². The number of hydrogen-bond acceptors (Lipinski definition) is 2. The molecule has 0 saturated carbocycles. The lowest BCUT2D eigenvalue weighted by atomic mass is 10.1. The molecule has 2 aromatic rings. The molecule has 0 radical (unpaired) electrons. The molecule has 0 saturated heterocycles. The van der Waals surface area contributed by atoms with Crippen LogP contribution in [-0.2, 0) is 4.79 Å². The Morgan fingerprint density at radius 1 is 1.12 bits per heavy atom. The van der Waals surface area contributed by atoms with Crippen LogP contribution in [0.25, 0.3) is 0 Å². The van der Waals surface area contributed by atoms with E-state index < -0.39 is 0 Å². The largest absolute Gasteiger partial charge is 0.494 e. The smallest absolute Gasteiger partial charge is 0.222 e. The van der Waals surface area contributed by atoms with Crippen molar-refractivity contribution in [2.24, 2.45) is 0 Å². The van der Waals surface area contributed by atoms with Gasteiger partial charge in [0.2, 0.25) is 5.91 Å². The summed E-state index contributed by atoms with van der Waals surface area (Å²) in [5, 5.41) is 0. The minimum Gasteiger partial charge on any atom is -0.494 e. The third-order valence-corrected chi connectivity index (χ3v) is 4.15. The van der Waals surface area contributed by atoms with Gasteiger partial charge in [-0.25, -0.2) is 4.39 Å². The minimum atomic E-state index is -0.288. The first kappa shape index (κ1) is 18.0. The van der Waals surface area contributed by atoms with Crippen LogP contribution in [0.2, 0.25) is 0 Å². The fraction of sp³-hybridized carbons (Fsp3) is 0.350. The molecular formula is C20H24FNO2. The molecule has 0 aliphatic carbocycles. The number of benzene rings is 2. The van der Waals surface area contributed by atoms with Crippen LogP contribution in [0.1, 0.15) is 36.9 Å². The Kier molecular flexibility index (Phi) is 6.36. The van der Waals surface area contributed by atoms with Crippen LogP contribution < -0.4 is 4.74 Å². The fourth-order valence-corrected chi connectivity index (χ4v) is 2.41. The summed E-state index contributed by atoms with van der Waals surface area (Å²) in [5.74, 6) is 0.417. The van der Waals surface area contributed by atoms with E-state index in [1.54, 1.807) is 17.0 Å². The molecule has 24 heavy (non-hydrogen) atoms. The number of rotatable bonds is 7. The van der Waals surface area contributed by atoms with Gasteiger partial charge in [0, 0.05) is 13.5 Å². The van der Waals surface area contributed by atoms with Crippen LogP contribution in [0.15, 0.2) is 48.5 Å². The highest BCUT2D eigenvalue weighted by atomic mass is 19.1. The first-order chi connectivity index (χ1) is 11.5. The second kappa shape index (κ2) is 8.48. The molecule has 0 spiro atoms. The van der Waals surface area contributed by atoms with Crippen molar-refractivity contribution in [2.45, 2.75) is 32.7 Å². The topological polar surface area (TPSA) is 29.5 Å². The Balaban J connectivity index is 1.76. The summed E-state index contributed by atoms with van der Waals surface area (Å²) in [5.41, 5.74) is 2.33. The SMILES string of the molecule is Cc1ccc(C(C)N(C)C(=O)CCCOc2ccc(F)cc2)cc1. The maximum absolute atomic E-state index is 12.8. The molecule has 1 unspecified atom stereocenters. The summed E-state index contributed by atoms with van der Waals surface area (Å²) in [6.07, 6.45) is 1.05. The third-order valence-electron chi connectivity index (χ3n) is 4.15. The monoisotopic (exact) mass is 329 g/mol. The zero-order valence-corrected chi connectivity index (χ0v) is 14.5. The number of carbonyl (C=O) groups is 1. The van der Waals surface area contributed by atoms with Gasteiger partial charge in [-0.2, -0.15) is 0 Å². The Bertz CT molecular complexity index is 652. The average Bonchev–Trinajstić information content (AvgIpc) is 2.59. The van der Waals surface area contributed by atoms with Crippen LogP contribution in [0.4, 0.5) is 4.39 Å². The molecule has 0 N–H and O–H groups in total. The number of ether oxygens (including phenoxy) is 1. The number of carbonyl (C=O) groups excluding carboxylic acids is 1. The van der Waals surface area contributed by atoms with E-state index >= 15 is 0 Å². The van der Waals surface area contributed by atoms with Gasteiger partial charge in [-0.1, -0.05) is 29.8 Å². The van der Waals surface area contributed by atoms with E-state index in [2.05, 4.69) is 24.3 Å². The molecule has 0 bridgehead atoms. The molecule has 0 aliphatic heterocycles. The number of nitrogens with zero attached hydrogens (tertiary/aromatic N) is 1. The van der Waals surface area contributed by atoms with Crippen molar-refractivity contribution in [3.05, 3.63) is 65.5 Å². The third kappa shape index (κ3) is 5.08. The second-order valence-electron chi connectivity index (χ2n) is 6.00. The Labute approximate surface area is 143 Å². The quantitative estimate of drug-likeness (QED) is 0.699. The molecule has 128 valence electrons.